The molecule has 1 aromatic rings. The van der Waals surface area contributed by atoms with Crippen LogP contribution < -0.4 is 10.1 Å². The molecule has 2 rings (SSSR count). The highest BCUT2D eigenvalue weighted by Crippen LogP contribution is 2.32. The Kier molecular flexibility index (Phi) is 9.16. The van der Waals surface area contributed by atoms with Gasteiger partial charge in [0.15, 0.2) is 0 Å². The number of carbonyl (C=O) groups excluding carboxylic acids is 1. The summed E-state index contributed by atoms with van der Waals surface area (Å²) in [6.45, 7) is 6.72. The maximum atomic E-state index is 13.1. The number of hydrogen-bond donors (Lipinski definition) is 1. The van der Waals surface area contributed by atoms with E-state index in [4.69, 9.17) is 4.74 Å². The van der Waals surface area contributed by atoms with Gasteiger partial charge in [-0.2, -0.15) is 0 Å². The number of methoxy groups -OCH3 is 1. The molecule has 0 aromatic heterocycles. The molecule has 1 saturated heterocycles. The van der Waals surface area contributed by atoms with Crippen LogP contribution in [0.5, 0.6) is 5.75 Å². The number of para-hydroxylation sites is 1. The third-order valence-electron chi connectivity index (χ3n) is 4.77. The summed E-state index contributed by atoms with van der Waals surface area (Å²) in [5, 5.41) is 3.42. The topological polar surface area (TPSA) is 41.6 Å². The van der Waals surface area contributed by atoms with Crippen LogP contribution in [0.3, 0.4) is 0 Å². The first-order valence-corrected chi connectivity index (χ1v) is 8.87. The highest BCUT2D eigenvalue weighted by molar-refractivity contribution is 5.85. The van der Waals surface area contributed by atoms with E-state index in [1.807, 2.05) is 18.2 Å². The summed E-state index contributed by atoms with van der Waals surface area (Å²) in [7, 11) is 1.69. The van der Waals surface area contributed by atoms with Crippen molar-refractivity contribution in [3.05, 3.63) is 29.8 Å². The Hall–Kier alpha value is -1.26. The summed E-state index contributed by atoms with van der Waals surface area (Å²) >= 11 is 0. The van der Waals surface area contributed by atoms with Crippen molar-refractivity contribution in [1.82, 2.24) is 10.2 Å². The molecule has 1 aromatic carbocycles. The minimum atomic E-state index is 0. The first-order chi connectivity index (χ1) is 11.2. The van der Waals surface area contributed by atoms with E-state index in [-0.39, 0.29) is 24.4 Å². The Labute approximate surface area is 152 Å². The van der Waals surface area contributed by atoms with E-state index in [2.05, 4.69) is 30.1 Å². The minimum Gasteiger partial charge on any atom is -0.496 e. The molecule has 5 heteroatoms. The van der Waals surface area contributed by atoms with Crippen molar-refractivity contribution >= 4 is 18.3 Å². The molecule has 2 unspecified atom stereocenters. The van der Waals surface area contributed by atoms with E-state index in [9.17, 15) is 4.79 Å². The molecule has 0 aliphatic carbocycles. The van der Waals surface area contributed by atoms with Gasteiger partial charge >= 0.3 is 0 Å². The first-order valence-electron chi connectivity index (χ1n) is 8.87. The third kappa shape index (κ3) is 4.87. The summed E-state index contributed by atoms with van der Waals surface area (Å²) in [5.74, 6) is 1.31. The number of benzene rings is 1. The van der Waals surface area contributed by atoms with Gasteiger partial charge in [0.25, 0.3) is 0 Å². The molecule has 0 radical (unpaired) electrons. The van der Waals surface area contributed by atoms with Crippen LogP contribution in [0.25, 0.3) is 0 Å². The SMILES string of the molecule is CCCCC(CC)C(=O)N1CCNCC1c1ccccc1OC.Cl. The standard InChI is InChI=1S/C19H30N2O2.ClH/c1-4-6-9-15(5-2)19(22)21-13-12-20-14-17(21)16-10-7-8-11-18(16)23-3;/h7-8,10-11,15,17,20H,4-6,9,12-14H2,1-3H3;1H. The lowest BCUT2D eigenvalue weighted by molar-refractivity contribution is -0.139. The van der Waals surface area contributed by atoms with Crippen molar-refractivity contribution in [2.75, 3.05) is 26.7 Å². The van der Waals surface area contributed by atoms with Gasteiger partial charge in [-0.25, -0.2) is 0 Å². The lowest BCUT2D eigenvalue weighted by Gasteiger charge is -2.39. The van der Waals surface area contributed by atoms with E-state index in [0.29, 0.717) is 5.91 Å². The molecule has 4 nitrogen and oxygen atoms in total. The Morgan fingerprint density at radius 1 is 1.38 bits per heavy atom. The lowest BCUT2D eigenvalue weighted by Crippen LogP contribution is -2.50. The number of ether oxygens (including phenoxy) is 1. The normalized spacial score (nSPS) is 18.6. The fourth-order valence-electron chi connectivity index (χ4n) is 3.37. The molecule has 1 heterocycles. The summed E-state index contributed by atoms with van der Waals surface area (Å²) in [6.07, 6.45) is 4.17. The highest BCUT2D eigenvalue weighted by atomic mass is 35.5. The van der Waals surface area contributed by atoms with Crippen molar-refractivity contribution in [2.45, 2.75) is 45.6 Å². The van der Waals surface area contributed by atoms with E-state index in [1.165, 1.54) is 0 Å². The second-order valence-electron chi connectivity index (χ2n) is 6.24. The first kappa shape index (κ1) is 20.8. The second kappa shape index (κ2) is 10.6. The summed E-state index contributed by atoms with van der Waals surface area (Å²) in [5.41, 5.74) is 1.10. The van der Waals surface area contributed by atoms with E-state index in [1.54, 1.807) is 7.11 Å². The van der Waals surface area contributed by atoms with Crippen LogP contribution in [0.1, 0.15) is 51.1 Å². The van der Waals surface area contributed by atoms with Gasteiger partial charge in [0, 0.05) is 31.1 Å². The van der Waals surface area contributed by atoms with Crippen LogP contribution in [-0.4, -0.2) is 37.6 Å². The van der Waals surface area contributed by atoms with Crippen LogP contribution >= 0.6 is 12.4 Å². The molecule has 1 aliphatic heterocycles. The number of rotatable bonds is 7. The average Bonchev–Trinajstić information content (AvgIpc) is 2.62. The van der Waals surface area contributed by atoms with E-state index < -0.39 is 0 Å². The number of carbonyl (C=O) groups is 1. The molecule has 136 valence electrons. The number of piperazine rings is 1. The zero-order chi connectivity index (χ0) is 16.7. The molecular weight excluding hydrogens is 324 g/mol. The summed E-state index contributed by atoms with van der Waals surface area (Å²) in [4.78, 5) is 15.1. The fraction of sp³-hybridized carbons (Fsp3) is 0.632. The Morgan fingerprint density at radius 2 is 2.12 bits per heavy atom. The molecule has 2 atom stereocenters. The molecule has 1 N–H and O–H groups in total. The lowest BCUT2D eigenvalue weighted by atomic mass is 9.94. The van der Waals surface area contributed by atoms with Gasteiger partial charge in [0.05, 0.1) is 13.2 Å². The van der Waals surface area contributed by atoms with Crippen molar-refractivity contribution in [2.24, 2.45) is 5.92 Å². The quantitative estimate of drug-likeness (QED) is 0.809. The van der Waals surface area contributed by atoms with Crippen LogP contribution in [-0.2, 0) is 4.79 Å². The molecule has 0 saturated carbocycles. The Morgan fingerprint density at radius 3 is 2.79 bits per heavy atom. The van der Waals surface area contributed by atoms with Crippen LogP contribution in [0.15, 0.2) is 24.3 Å². The molecule has 24 heavy (non-hydrogen) atoms. The van der Waals surface area contributed by atoms with Gasteiger partial charge in [-0.3, -0.25) is 4.79 Å². The third-order valence-corrected chi connectivity index (χ3v) is 4.77. The Balaban J connectivity index is 0.00000288. The Bertz CT molecular complexity index is 510. The molecule has 1 aliphatic rings. The van der Waals surface area contributed by atoms with E-state index >= 15 is 0 Å². The maximum absolute atomic E-state index is 13.1. The predicted octanol–water partition coefficient (Wildman–Crippen LogP) is 3.81. The van der Waals surface area contributed by atoms with Crippen LogP contribution in [0, 0.1) is 5.92 Å². The molecule has 1 fully saturated rings. The predicted molar refractivity (Wildman–Crippen MR) is 101 cm³/mol. The smallest absolute Gasteiger partial charge is 0.226 e. The van der Waals surface area contributed by atoms with Gasteiger partial charge in [0.1, 0.15) is 5.75 Å². The van der Waals surface area contributed by atoms with Crippen molar-refractivity contribution in [3.63, 3.8) is 0 Å². The largest absolute Gasteiger partial charge is 0.496 e. The van der Waals surface area contributed by atoms with Crippen LogP contribution in [0.4, 0.5) is 0 Å². The van der Waals surface area contributed by atoms with Crippen LogP contribution in [0.2, 0.25) is 0 Å². The van der Waals surface area contributed by atoms with Gasteiger partial charge in [0.2, 0.25) is 5.91 Å². The number of halogens is 1. The maximum Gasteiger partial charge on any atom is 0.226 e. The zero-order valence-corrected chi connectivity index (χ0v) is 15.9. The summed E-state index contributed by atoms with van der Waals surface area (Å²) < 4.78 is 5.51. The fourth-order valence-corrected chi connectivity index (χ4v) is 3.37. The van der Waals surface area contributed by atoms with Crippen molar-refractivity contribution < 1.29 is 9.53 Å². The number of nitrogens with zero attached hydrogens (tertiary/aromatic N) is 1. The number of amides is 1. The average molecular weight is 355 g/mol. The molecule has 1 amide bonds. The zero-order valence-electron chi connectivity index (χ0n) is 15.1. The van der Waals surface area contributed by atoms with Gasteiger partial charge < -0.3 is 15.0 Å². The monoisotopic (exact) mass is 354 g/mol. The van der Waals surface area contributed by atoms with Crippen molar-refractivity contribution in [1.29, 1.82) is 0 Å². The molecule has 0 spiro atoms. The van der Waals surface area contributed by atoms with Gasteiger partial charge in [-0.1, -0.05) is 44.9 Å². The highest BCUT2D eigenvalue weighted by Gasteiger charge is 2.32. The number of nitrogens with one attached hydrogen (secondary N) is 1. The van der Waals surface area contributed by atoms with Crippen molar-refractivity contribution in [3.8, 4) is 5.75 Å². The molecular formula is C19H31ClN2O2. The summed E-state index contributed by atoms with van der Waals surface area (Å²) in [6, 6.07) is 8.10. The van der Waals surface area contributed by atoms with E-state index in [0.717, 1.165) is 56.6 Å². The van der Waals surface area contributed by atoms with Gasteiger partial charge in [-0.05, 0) is 18.9 Å². The number of hydrogen-bond acceptors (Lipinski definition) is 3. The van der Waals surface area contributed by atoms with Gasteiger partial charge in [-0.15, -0.1) is 12.4 Å². The number of unbranched alkanes of at least 4 members (excludes halogenated alkanes) is 1. The second-order valence-corrected chi connectivity index (χ2v) is 6.24. The molecule has 0 bridgehead atoms. The minimum absolute atomic E-state index is 0.